The Morgan fingerprint density at radius 2 is 1.74 bits per heavy atom. The zero-order valence-corrected chi connectivity index (χ0v) is 16.7. The van der Waals surface area contributed by atoms with Gasteiger partial charge in [-0.2, -0.15) is 0 Å². The van der Waals surface area contributed by atoms with Gasteiger partial charge in [0.25, 0.3) is 5.91 Å². The molecule has 0 spiro atoms. The Kier molecular flexibility index (Phi) is 5.86. The Bertz CT molecular complexity index is 1270. The first kappa shape index (κ1) is 20.4. The average Bonchev–Trinajstić information content (AvgIpc) is 2.77. The molecule has 0 saturated heterocycles. The number of benzene rings is 3. The van der Waals surface area contributed by atoms with Gasteiger partial charge in [-0.15, -0.1) is 0 Å². The molecule has 1 heterocycles. The van der Waals surface area contributed by atoms with Crippen LogP contribution in [0.5, 0.6) is 0 Å². The van der Waals surface area contributed by atoms with Crippen molar-refractivity contribution in [1.29, 1.82) is 0 Å². The Morgan fingerprint density at radius 1 is 0.903 bits per heavy atom. The van der Waals surface area contributed by atoms with Gasteiger partial charge in [-0.25, -0.2) is 18.7 Å². The highest BCUT2D eigenvalue weighted by atomic mass is 35.5. The van der Waals surface area contributed by atoms with E-state index in [-0.39, 0.29) is 16.7 Å². The number of amides is 1. The summed E-state index contributed by atoms with van der Waals surface area (Å²) in [6.07, 6.45) is 1.56. The van der Waals surface area contributed by atoms with Gasteiger partial charge < -0.3 is 10.6 Å². The molecule has 0 radical (unpaired) electrons. The molecule has 0 fully saturated rings. The van der Waals surface area contributed by atoms with Crippen molar-refractivity contribution in [2.24, 2.45) is 0 Å². The fourth-order valence-corrected chi connectivity index (χ4v) is 3.04. The van der Waals surface area contributed by atoms with Gasteiger partial charge >= 0.3 is 0 Å². The van der Waals surface area contributed by atoms with Crippen molar-refractivity contribution in [3.8, 4) is 11.4 Å². The van der Waals surface area contributed by atoms with Crippen molar-refractivity contribution >= 4 is 34.7 Å². The lowest BCUT2D eigenvalue weighted by Gasteiger charge is -2.10. The Hall–Kier alpha value is -3.84. The maximum absolute atomic E-state index is 13.5. The maximum Gasteiger partial charge on any atom is 0.255 e. The van der Waals surface area contributed by atoms with Crippen LogP contribution >= 0.6 is 11.6 Å². The summed E-state index contributed by atoms with van der Waals surface area (Å²) >= 11 is 5.76. The first-order chi connectivity index (χ1) is 15.0. The first-order valence-electron chi connectivity index (χ1n) is 9.20. The normalized spacial score (nSPS) is 10.5. The van der Waals surface area contributed by atoms with Crippen LogP contribution in [0.25, 0.3) is 11.4 Å². The zero-order chi connectivity index (χ0) is 21.8. The summed E-state index contributed by atoms with van der Waals surface area (Å²) in [7, 11) is 0. The number of halogens is 3. The minimum atomic E-state index is -0.562. The van der Waals surface area contributed by atoms with Gasteiger partial charge in [0.15, 0.2) is 5.82 Å². The number of aromatic nitrogens is 2. The molecular weight excluding hydrogens is 422 g/mol. The Labute approximate surface area is 181 Å². The summed E-state index contributed by atoms with van der Waals surface area (Å²) in [6.45, 7) is 0. The number of hydrogen-bond acceptors (Lipinski definition) is 4. The number of anilines is 3. The van der Waals surface area contributed by atoms with E-state index in [9.17, 15) is 13.6 Å². The molecule has 2 N–H and O–H groups in total. The largest absolute Gasteiger partial charge is 0.340 e. The van der Waals surface area contributed by atoms with Crippen molar-refractivity contribution in [2.75, 3.05) is 10.6 Å². The number of nitrogens with one attached hydrogen (secondary N) is 2. The van der Waals surface area contributed by atoms with E-state index < -0.39 is 5.82 Å². The van der Waals surface area contributed by atoms with E-state index in [2.05, 4.69) is 20.6 Å². The van der Waals surface area contributed by atoms with Crippen LogP contribution in [0.1, 0.15) is 10.4 Å². The quantitative estimate of drug-likeness (QED) is 0.398. The predicted molar refractivity (Wildman–Crippen MR) is 117 cm³/mol. The van der Waals surface area contributed by atoms with Gasteiger partial charge in [-0.05, 0) is 54.6 Å². The molecule has 0 unspecified atom stereocenters. The molecule has 5 nitrogen and oxygen atoms in total. The second-order valence-electron chi connectivity index (χ2n) is 6.56. The molecule has 1 aromatic heterocycles. The van der Waals surface area contributed by atoms with Crippen LogP contribution in [0.15, 0.2) is 79.0 Å². The molecule has 31 heavy (non-hydrogen) atoms. The summed E-state index contributed by atoms with van der Waals surface area (Å²) in [5.74, 6) is -0.466. The zero-order valence-electron chi connectivity index (χ0n) is 15.9. The van der Waals surface area contributed by atoms with Crippen LogP contribution in [0.3, 0.4) is 0 Å². The number of carbonyl (C=O) groups is 1. The average molecular weight is 437 g/mol. The van der Waals surface area contributed by atoms with Crippen molar-refractivity contribution in [1.82, 2.24) is 9.97 Å². The van der Waals surface area contributed by atoms with Crippen LogP contribution in [-0.2, 0) is 0 Å². The Morgan fingerprint density at radius 3 is 2.55 bits per heavy atom. The first-order valence-corrected chi connectivity index (χ1v) is 9.58. The fourth-order valence-electron chi connectivity index (χ4n) is 2.86. The van der Waals surface area contributed by atoms with Crippen molar-refractivity contribution in [3.05, 3.63) is 101 Å². The molecule has 0 bridgehead atoms. The fraction of sp³-hybridized carbons (Fsp3) is 0. The van der Waals surface area contributed by atoms with Gasteiger partial charge in [0.1, 0.15) is 17.5 Å². The second-order valence-corrected chi connectivity index (χ2v) is 6.97. The summed E-state index contributed by atoms with van der Waals surface area (Å²) in [6, 6.07) is 18.4. The number of carbonyl (C=O) groups excluding carboxylic acids is 1. The van der Waals surface area contributed by atoms with E-state index in [1.54, 1.807) is 48.7 Å². The van der Waals surface area contributed by atoms with Crippen molar-refractivity contribution in [3.63, 3.8) is 0 Å². The minimum absolute atomic E-state index is 0.0777. The van der Waals surface area contributed by atoms with E-state index in [1.165, 1.54) is 30.3 Å². The van der Waals surface area contributed by atoms with Crippen LogP contribution < -0.4 is 10.6 Å². The topological polar surface area (TPSA) is 66.9 Å². The molecule has 4 rings (SSSR count). The van der Waals surface area contributed by atoms with Crippen LogP contribution in [-0.4, -0.2) is 15.9 Å². The lowest BCUT2D eigenvalue weighted by Crippen LogP contribution is -2.12. The summed E-state index contributed by atoms with van der Waals surface area (Å²) in [4.78, 5) is 21.1. The third-order valence-electron chi connectivity index (χ3n) is 4.31. The van der Waals surface area contributed by atoms with Gasteiger partial charge in [-0.1, -0.05) is 29.8 Å². The molecule has 0 saturated carbocycles. The number of hydrogen-bond donors (Lipinski definition) is 2. The van der Waals surface area contributed by atoms with Gasteiger partial charge in [0, 0.05) is 28.7 Å². The molecule has 0 aliphatic carbocycles. The van der Waals surface area contributed by atoms with E-state index >= 15 is 0 Å². The monoisotopic (exact) mass is 436 g/mol. The van der Waals surface area contributed by atoms with E-state index in [0.717, 1.165) is 0 Å². The third kappa shape index (κ3) is 5.02. The SMILES string of the molecule is O=C(Nc1ccc(F)c(Cl)c1)c1cccc(Nc2ccnc(-c3cccc(F)c3)n2)c1. The smallest absolute Gasteiger partial charge is 0.255 e. The highest BCUT2D eigenvalue weighted by Gasteiger charge is 2.10. The molecule has 8 heteroatoms. The van der Waals surface area contributed by atoms with Gasteiger partial charge in [-0.3, -0.25) is 4.79 Å². The molecule has 3 aromatic carbocycles. The summed E-state index contributed by atoms with van der Waals surface area (Å²) in [5.41, 5.74) is 1.93. The number of rotatable bonds is 5. The molecule has 154 valence electrons. The summed E-state index contributed by atoms with van der Waals surface area (Å²) < 4.78 is 26.8. The van der Waals surface area contributed by atoms with Crippen LogP contribution in [0, 0.1) is 11.6 Å². The van der Waals surface area contributed by atoms with Crippen molar-refractivity contribution < 1.29 is 13.6 Å². The Balaban J connectivity index is 1.51. The molecule has 0 aliphatic heterocycles. The maximum atomic E-state index is 13.5. The molecule has 1 amide bonds. The molecule has 4 aromatic rings. The molecule has 0 atom stereocenters. The number of nitrogens with zero attached hydrogens (tertiary/aromatic N) is 2. The molecule has 0 aliphatic rings. The minimum Gasteiger partial charge on any atom is -0.340 e. The van der Waals surface area contributed by atoms with E-state index in [1.807, 2.05) is 0 Å². The standard InChI is InChI=1S/C23H15ClF2N4O/c24-19-13-18(7-8-20(19)26)29-23(31)15-4-2-6-17(12-15)28-21-9-10-27-22(30-21)14-3-1-5-16(25)11-14/h1-13H,(H,29,31)(H,27,28,30). The van der Waals surface area contributed by atoms with Gasteiger partial charge in [0.05, 0.1) is 5.02 Å². The molecular formula is C23H15ClF2N4O. The highest BCUT2D eigenvalue weighted by Crippen LogP contribution is 2.22. The van der Waals surface area contributed by atoms with E-state index in [4.69, 9.17) is 11.6 Å². The summed E-state index contributed by atoms with van der Waals surface area (Å²) in [5, 5.41) is 5.71. The van der Waals surface area contributed by atoms with E-state index in [0.29, 0.717) is 34.1 Å². The lowest BCUT2D eigenvalue weighted by molar-refractivity contribution is 0.102. The van der Waals surface area contributed by atoms with Crippen molar-refractivity contribution in [2.45, 2.75) is 0 Å². The second kappa shape index (κ2) is 8.89. The highest BCUT2D eigenvalue weighted by molar-refractivity contribution is 6.31. The third-order valence-corrected chi connectivity index (χ3v) is 4.60. The predicted octanol–water partition coefficient (Wildman–Crippen LogP) is 6.07. The van der Waals surface area contributed by atoms with Crippen LogP contribution in [0.2, 0.25) is 5.02 Å². The lowest BCUT2D eigenvalue weighted by atomic mass is 10.1. The van der Waals surface area contributed by atoms with Gasteiger partial charge in [0.2, 0.25) is 0 Å². The van der Waals surface area contributed by atoms with Crippen LogP contribution in [0.4, 0.5) is 26.0 Å².